The average Bonchev–Trinajstić information content (AvgIpc) is 2.42. The summed E-state index contributed by atoms with van der Waals surface area (Å²) in [5.41, 5.74) is 1.66. The number of benzene rings is 1. The minimum Gasteiger partial charge on any atom is -0.495 e. The van der Waals surface area contributed by atoms with Crippen LogP contribution in [0.3, 0.4) is 0 Å². The second kappa shape index (κ2) is 5.82. The minimum atomic E-state index is -0.911. The number of carbonyl (C=O) groups is 3. The summed E-state index contributed by atoms with van der Waals surface area (Å²) in [5, 5.41) is 4.19. The topological polar surface area (TPSA) is 87.7 Å². The smallest absolute Gasteiger partial charge is 0.328 e. The summed E-state index contributed by atoms with van der Waals surface area (Å²) < 4.78 is 5.26. The fraction of sp³-hybridized carbons (Fsp3) is 0.357. The van der Waals surface area contributed by atoms with Gasteiger partial charge in [0.2, 0.25) is 11.8 Å². The molecule has 2 rings (SSSR count). The van der Waals surface area contributed by atoms with Crippen LogP contribution in [0, 0.1) is 5.92 Å². The Hall–Kier alpha value is -2.57. The van der Waals surface area contributed by atoms with Crippen LogP contribution in [0.25, 0.3) is 0 Å². The van der Waals surface area contributed by atoms with Crippen molar-refractivity contribution in [2.75, 3.05) is 26.1 Å². The predicted molar refractivity (Wildman–Crippen MR) is 76.2 cm³/mol. The number of carbonyl (C=O) groups excluding carboxylic acids is 3. The molecule has 0 atom stereocenters. The van der Waals surface area contributed by atoms with E-state index in [2.05, 4.69) is 10.6 Å². The van der Waals surface area contributed by atoms with Crippen LogP contribution in [0.1, 0.15) is 5.56 Å². The molecule has 21 heavy (non-hydrogen) atoms. The van der Waals surface area contributed by atoms with Gasteiger partial charge in [0.25, 0.3) is 0 Å². The fourth-order valence-corrected chi connectivity index (χ4v) is 2.18. The van der Waals surface area contributed by atoms with Crippen molar-refractivity contribution in [3.63, 3.8) is 0 Å². The normalized spacial score (nSPS) is 15.5. The Morgan fingerprint density at radius 2 is 1.76 bits per heavy atom. The Kier molecular flexibility index (Phi) is 4.11. The monoisotopic (exact) mass is 291 g/mol. The van der Waals surface area contributed by atoms with Gasteiger partial charge in [0.1, 0.15) is 11.7 Å². The minimum absolute atomic E-state index is 0.218. The van der Waals surface area contributed by atoms with Gasteiger partial charge >= 0.3 is 6.03 Å². The first-order valence-electron chi connectivity index (χ1n) is 6.42. The molecule has 7 heteroatoms. The van der Waals surface area contributed by atoms with E-state index in [1.165, 1.54) is 0 Å². The number of anilines is 1. The molecule has 1 saturated heterocycles. The van der Waals surface area contributed by atoms with E-state index in [9.17, 15) is 14.4 Å². The number of barbiturate groups is 1. The molecule has 0 saturated carbocycles. The summed E-state index contributed by atoms with van der Waals surface area (Å²) in [6, 6.07) is 4.66. The molecular formula is C14H17N3O4. The zero-order chi connectivity index (χ0) is 15.6. The third-order valence-electron chi connectivity index (χ3n) is 3.27. The second-order valence-corrected chi connectivity index (χ2v) is 4.96. The van der Waals surface area contributed by atoms with Crippen molar-refractivity contribution >= 4 is 23.5 Å². The van der Waals surface area contributed by atoms with Crippen LogP contribution in [0.4, 0.5) is 10.5 Å². The highest BCUT2D eigenvalue weighted by Crippen LogP contribution is 2.28. The third kappa shape index (κ3) is 3.13. The van der Waals surface area contributed by atoms with E-state index in [4.69, 9.17) is 4.74 Å². The van der Waals surface area contributed by atoms with E-state index in [1.54, 1.807) is 19.2 Å². The number of nitrogens with zero attached hydrogens (tertiary/aromatic N) is 1. The van der Waals surface area contributed by atoms with Crippen LogP contribution in [0.2, 0.25) is 0 Å². The second-order valence-electron chi connectivity index (χ2n) is 4.96. The van der Waals surface area contributed by atoms with Gasteiger partial charge < -0.3 is 9.64 Å². The van der Waals surface area contributed by atoms with Crippen molar-refractivity contribution in [3.05, 3.63) is 23.8 Å². The highest BCUT2D eigenvalue weighted by molar-refractivity contribution is 6.16. The number of amides is 4. The number of imide groups is 2. The van der Waals surface area contributed by atoms with E-state index in [1.807, 2.05) is 25.1 Å². The number of rotatable bonds is 4. The number of nitrogens with one attached hydrogen (secondary N) is 2. The first-order chi connectivity index (χ1) is 9.92. The molecule has 0 bridgehead atoms. The largest absolute Gasteiger partial charge is 0.495 e. The molecule has 4 amide bonds. The Balaban J connectivity index is 2.23. The van der Waals surface area contributed by atoms with Gasteiger partial charge in [-0.25, -0.2) is 4.79 Å². The van der Waals surface area contributed by atoms with Gasteiger partial charge in [-0.15, -0.1) is 0 Å². The van der Waals surface area contributed by atoms with E-state index in [0.29, 0.717) is 5.75 Å². The quantitative estimate of drug-likeness (QED) is 0.778. The lowest BCUT2D eigenvalue weighted by Gasteiger charge is -2.22. The summed E-state index contributed by atoms with van der Waals surface area (Å²) in [7, 11) is 5.33. The molecule has 1 fully saturated rings. The number of ether oxygens (including phenoxy) is 1. The van der Waals surface area contributed by atoms with Crippen molar-refractivity contribution in [2.45, 2.75) is 6.42 Å². The maximum Gasteiger partial charge on any atom is 0.328 e. The van der Waals surface area contributed by atoms with Gasteiger partial charge in [-0.1, -0.05) is 6.07 Å². The molecule has 0 aliphatic carbocycles. The number of hydrogen-bond donors (Lipinski definition) is 2. The Morgan fingerprint density at radius 1 is 1.14 bits per heavy atom. The van der Waals surface area contributed by atoms with Crippen LogP contribution in [-0.4, -0.2) is 39.1 Å². The van der Waals surface area contributed by atoms with Crippen LogP contribution < -0.4 is 20.3 Å². The molecular weight excluding hydrogens is 274 g/mol. The molecule has 1 aliphatic heterocycles. The summed E-state index contributed by atoms with van der Waals surface area (Å²) in [6.45, 7) is 0. The number of hydrogen-bond acceptors (Lipinski definition) is 5. The Morgan fingerprint density at radius 3 is 2.29 bits per heavy atom. The van der Waals surface area contributed by atoms with Crippen LogP contribution >= 0.6 is 0 Å². The summed E-state index contributed by atoms with van der Waals surface area (Å²) in [6.07, 6.45) is 0.218. The maximum absolute atomic E-state index is 11.7. The van der Waals surface area contributed by atoms with Crippen LogP contribution in [0.15, 0.2) is 18.2 Å². The Bertz CT molecular complexity index is 578. The number of urea groups is 1. The van der Waals surface area contributed by atoms with Crippen LogP contribution in [-0.2, 0) is 16.0 Å². The lowest BCUT2D eigenvalue weighted by molar-refractivity contribution is -0.135. The maximum atomic E-state index is 11.7. The van der Waals surface area contributed by atoms with Gasteiger partial charge in [0.15, 0.2) is 0 Å². The first kappa shape index (κ1) is 14.8. The van der Waals surface area contributed by atoms with Gasteiger partial charge in [-0.05, 0) is 24.1 Å². The van der Waals surface area contributed by atoms with E-state index < -0.39 is 23.8 Å². The molecule has 2 N–H and O–H groups in total. The standard InChI is InChI=1S/C14H17N3O4/c1-17(2)10-7-8(4-5-11(10)21-3)6-9-12(18)15-14(20)16-13(9)19/h4-5,7,9H,6H2,1-3H3,(H2,15,16,18,19,20). The van der Waals surface area contributed by atoms with Crippen LogP contribution in [0.5, 0.6) is 5.75 Å². The van der Waals surface area contributed by atoms with Crippen molar-refractivity contribution in [1.82, 2.24) is 10.6 Å². The van der Waals surface area contributed by atoms with E-state index in [-0.39, 0.29) is 6.42 Å². The molecule has 0 radical (unpaired) electrons. The molecule has 0 spiro atoms. The highest BCUT2D eigenvalue weighted by atomic mass is 16.5. The van der Waals surface area contributed by atoms with Crippen molar-refractivity contribution in [3.8, 4) is 5.75 Å². The van der Waals surface area contributed by atoms with Crippen molar-refractivity contribution in [2.24, 2.45) is 5.92 Å². The third-order valence-corrected chi connectivity index (χ3v) is 3.27. The highest BCUT2D eigenvalue weighted by Gasteiger charge is 2.34. The molecule has 0 aromatic heterocycles. The molecule has 1 aromatic carbocycles. The lowest BCUT2D eigenvalue weighted by atomic mass is 9.96. The molecule has 1 aromatic rings. The van der Waals surface area contributed by atoms with E-state index >= 15 is 0 Å². The average molecular weight is 291 g/mol. The van der Waals surface area contributed by atoms with Gasteiger partial charge in [0, 0.05) is 14.1 Å². The lowest BCUT2D eigenvalue weighted by Crippen LogP contribution is -2.56. The molecule has 112 valence electrons. The summed E-state index contributed by atoms with van der Waals surface area (Å²) in [5.74, 6) is -1.36. The zero-order valence-electron chi connectivity index (χ0n) is 12.1. The van der Waals surface area contributed by atoms with Crippen molar-refractivity contribution < 1.29 is 19.1 Å². The van der Waals surface area contributed by atoms with Crippen molar-refractivity contribution in [1.29, 1.82) is 0 Å². The molecule has 1 aliphatic rings. The van der Waals surface area contributed by atoms with E-state index in [0.717, 1.165) is 11.3 Å². The van der Waals surface area contributed by atoms with Gasteiger partial charge in [-0.3, -0.25) is 20.2 Å². The summed E-state index contributed by atoms with van der Waals surface area (Å²) >= 11 is 0. The number of methoxy groups -OCH3 is 1. The SMILES string of the molecule is COc1ccc(CC2C(=O)NC(=O)NC2=O)cc1N(C)C. The fourth-order valence-electron chi connectivity index (χ4n) is 2.18. The summed E-state index contributed by atoms with van der Waals surface area (Å²) in [4.78, 5) is 36.4. The Labute approximate surface area is 122 Å². The predicted octanol–water partition coefficient (Wildman–Crippen LogP) is 0.286. The first-order valence-corrected chi connectivity index (χ1v) is 6.42. The zero-order valence-corrected chi connectivity index (χ0v) is 12.1. The van der Waals surface area contributed by atoms with Gasteiger partial charge in [-0.2, -0.15) is 0 Å². The molecule has 7 nitrogen and oxygen atoms in total. The van der Waals surface area contributed by atoms with Gasteiger partial charge in [0.05, 0.1) is 12.8 Å². The molecule has 0 unspecified atom stereocenters. The molecule has 1 heterocycles.